The maximum Gasteiger partial charge on any atom is 0.255 e. The van der Waals surface area contributed by atoms with Crippen molar-refractivity contribution >= 4 is 23.2 Å². The van der Waals surface area contributed by atoms with E-state index < -0.39 is 0 Å². The van der Waals surface area contributed by atoms with Crippen molar-refractivity contribution in [3.05, 3.63) is 42.0 Å². The summed E-state index contributed by atoms with van der Waals surface area (Å²) < 4.78 is 16.1. The minimum Gasteiger partial charge on any atom is -0.495 e. The second-order valence-corrected chi connectivity index (χ2v) is 5.41. The van der Waals surface area contributed by atoms with Crippen LogP contribution in [0.1, 0.15) is 17.3 Å². The van der Waals surface area contributed by atoms with Crippen LogP contribution in [0.2, 0.25) is 0 Å². The summed E-state index contributed by atoms with van der Waals surface area (Å²) in [6, 6.07) is 10.0. The van der Waals surface area contributed by atoms with Crippen LogP contribution in [-0.4, -0.2) is 32.1 Å². The van der Waals surface area contributed by atoms with E-state index in [1.807, 2.05) is 0 Å². The number of amides is 2. The number of hydrogen-bond donors (Lipinski definition) is 2. The molecule has 0 aliphatic carbocycles. The Bertz CT molecular complexity index is 819. The Morgan fingerprint density at radius 2 is 1.76 bits per heavy atom. The standard InChI is InChI=1S/C18H18N2O5/c1-11(21)19-14-9-12(3-5-15(14)23-2)18(22)20-13-4-6-16-17(10-13)25-8-7-24-16/h3-6,9-10H,7-8H2,1-2H3,(H,19,21)(H,20,22). The topological polar surface area (TPSA) is 85.9 Å². The van der Waals surface area contributed by atoms with Gasteiger partial charge in [0.1, 0.15) is 19.0 Å². The van der Waals surface area contributed by atoms with Crippen molar-refractivity contribution in [2.24, 2.45) is 0 Å². The van der Waals surface area contributed by atoms with Crippen LogP contribution in [0.5, 0.6) is 17.2 Å². The number of benzene rings is 2. The number of carbonyl (C=O) groups is 2. The smallest absolute Gasteiger partial charge is 0.255 e. The molecule has 0 atom stereocenters. The van der Waals surface area contributed by atoms with Crippen molar-refractivity contribution in [2.45, 2.75) is 6.92 Å². The molecule has 0 fully saturated rings. The second-order valence-electron chi connectivity index (χ2n) is 5.41. The number of ether oxygens (including phenoxy) is 3. The lowest BCUT2D eigenvalue weighted by Crippen LogP contribution is -2.16. The molecular weight excluding hydrogens is 324 g/mol. The molecule has 7 nitrogen and oxygen atoms in total. The van der Waals surface area contributed by atoms with E-state index in [0.717, 1.165) is 0 Å². The Labute approximate surface area is 144 Å². The third-order valence-corrected chi connectivity index (χ3v) is 3.57. The lowest BCUT2D eigenvalue weighted by molar-refractivity contribution is -0.114. The summed E-state index contributed by atoms with van der Waals surface area (Å²) in [5.74, 6) is 1.17. The molecule has 7 heteroatoms. The Balaban J connectivity index is 1.80. The second kappa shape index (κ2) is 7.12. The summed E-state index contributed by atoms with van der Waals surface area (Å²) in [6.45, 7) is 2.38. The number of anilines is 2. The third kappa shape index (κ3) is 3.82. The van der Waals surface area contributed by atoms with Gasteiger partial charge < -0.3 is 24.8 Å². The first-order valence-corrected chi connectivity index (χ1v) is 7.73. The first kappa shape index (κ1) is 16.6. The largest absolute Gasteiger partial charge is 0.495 e. The Kier molecular flexibility index (Phi) is 4.74. The summed E-state index contributed by atoms with van der Waals surface area (Å²) in [4.78, 5) is 23.8. The van der Waals surface area contributed by atoms with E-state index in [1.165, 1.54) is 14.0 Å². The summed E-state index contributed by atoms with van der Waals surface area (Å²) in [5, 5.41) is 5.44. The molecule has 0 saturated carbocycles. The maximum absolute atomic E-state index is 12.5. The summed E-state index contributed by atoms with van der Waals surface area (Å²) in [5.41, 5.74) is 1.41. The van der Waals surface area contributed by atoms with Gasteiger partial charge in [0, 0.05) is 24.2 Å². The molecule has 130 valence electrons. The average molecular weight is 342 g/mol. The van der Waals surface area contributed by atoms with E-state index in [2.05, 4.69) is 10.6 Å². The van der Waals surface area contributed by atoms with Gasteiger partial charge >= 0.3 is 0 Å². The van der Waals surface area contributed by atoms with Crippen molar-refractivity contribution in [2.75, 3.05) is 31.0 Å². The predicted octanol–water partition coefficient (Wildman–Crippen LogP) is 2.68. The molecule has 0 saturated heterocycles. The van der Waals surface area contributed by atoms with Crippen LogP contribution in [0.25, 0.3) is 0 Å². The summed E-state index contributed by atoms with van der Waals surface area (Å²) >= 11 is 0. The van der Waals surface area contributed by atoms with Gasteiger partial charge in [0.2, 0.25) is 5.91 Å². The molecule has 0 radical (unpaired) electrons. The molecule has 1 aliphatic heterocycles. The van der Waals surface area contributed by atoms with Gasteiger partial charge in [-0.1, -0.05) is 0 Å². The first-order chi connectivity index (χ1) is 12.1. The van der Waals surface area contributed by atoms with Gasteiger partial charge in [0.15, 0.2) is 11.5 Å². The molecule has 0 bridgehead atoms. The SMILES string of the molecule is COc1ccc(C(=O)Nc2ccc3c(c2)OCCO3)cc1NC(C)=O. The predicted molar refractivity (Wildman–Crippen MR) is 92.7 cm³/mol. The number of nitrogens with one attached hydrogen (secondary N) is 2. The quantitative estimate of drug-likeness (QED) is 0.892. The fraction of sp³-hybridized carbons (Fsp3) is 0.222. The highest BCUT2D eigenvalue weighted by Crippen LogP contribution is 2.33. The van der Waals surface area contributed by atoms with E-state index >= 15 is 0 Å². The maximum atomic E-state index is 12.5. The minimum atomic E-state index is -0.314. The minimum absolute atomic E-state index is 0.248. The number of methoxy groups -OCH3 is 1. The average Bonchev–Trinajstić information content (AvgIpc) is 2.61. The molecule has 0 aromatic heterocycles. The van der Waals surface area contributed by atoms with E-state index in [9.17, 15) is 9.59 Å². The summed E-state index contributed by atoms with van der Waals surface area (Å²) in [6.07, 6.45) is 0. The number of carbonyl (C=O) groups excluding carboxylic acids is 2. The normalized spacial score (nSPS) is 12.2. The molecule has 1 heterocycles. The van der Waals surface area contributed by atoms with Gasteiger partial charge in [-0.3, -0.25) is 9.59 Å². The molecule has 0 spiro atoms. The molecule has 3 rings (SSSR count). The van der Waals surface area contributed by atoms with Crippen molar-refractivity contribution in [1.29, 1.82) is 0 Å². The van der Waals surface area contributed by atoms with E-state index in [-0.39, 0.29) is 11.8 Å². The number of hydrogen-bond acceptors (Lipinski definition) is 5. The fourth-order valence-electron chi connectivity index (χ4n) is 2.46. The van der Waals surface area contributed by atoms with Gasteiger partial charge in [0.05, 0.1) is 12.8 Å². The van der Waals surface area contributed by atoms with Crippen LogP contribution >= 0.6 is 0 Å². The zero-order chi connectivity index (χ0) is 17.8. The van der Waals surface area contributed by atoms with E-state index in [0.29, 0.717) is 47.4 Å². The molecule has 0 unspecified atom stereocenters. The zero-order valence-corrected chi connectivity index (χ0v) is 13.9. The fourth-order valence-corrected chi connectivity index (χ4v) is 2.46. The van der Waals surface area contributed by atoms with E-state index in [4.69, 9.17) is 14.2 Å². The Hall–Kier alpha value is -3.22. The van der Waals surface area contributed by atoms with Crippen LogP contribution in [0.15, 0.2) is 36.4 Å². The van der Waals surface area contributed by atoms with Gasteiger partial charge in [-0.05, 0) is 30.3 Å². The Morgan fingerprint density at radius 1 is 1.00 bits per heavy atom. The molecule has 2 N–H and O–H groups in total. The highest BCUT2D eigenvalue weighted by molar-refractivity contribution is 6.05. The van der Waals surface area contributed by atoms with E-state index in [1.54, 1.807) is 36.4 Å². The Morgan fingerprint density at radius 3 is 2.48 bits per heavy atom. The van der Waals surface area contributed by atoms with Crippen LogP contribution in [0, 0.1) is 0 Å². The molecule has 1 aliphatic rings. The van der Waals surface area contributed by atoms with Gasteiger partial charge in [-0.2, -0.15) is 0 Å². The molecule has 2 amide bonds. The lowest BCUT2D eigenvalue weighted by Gasteiger charge is -2.19. The lowest BCUT2D eigenvalue weighted by atomic mass is 10.1. The van der Waals surface area contributed by atoms with Crippen LogP contribution in [-0.2, 0) is 4.79 Å². The number of rotatable bonds is 4. The molecule has 25 heavy (non-hydrogen) atoms. The summed E-state index contributed by atoms with van der Waals surface area (Å²) in [7, 11) is 1.50. The van der Waals surface area contributed by atoms with Crippen LogP contribution < -0.4 is 24.8 Å². The zero-order valence-electron chi connectivity index (χ0n) is 13.9. The monoisotopic (exact) mass is 342 g/mol. The van der Waals surface area contributed by atoms with Crippen molar-refractivity contribution in [3.8, 4) is 17.2 Å². The third-order valence-electron chi connectivity index (χ3n) is 3.57. The molecule has 2 aromatic rings. The number of fused-ring (bicyclic) bond motifs is 1. The van der Waals surface area contributed by atoms with Crippen LogP contribution in [0.3, 0.4) is 0 Å². The molecule has 2 aromatic carbocycles. The molecular formula is C18H18N2O5. The van der Waals surface area contributed by atoms with Crippen molar-refractivity contribution in [3.63, 3.8) is 0 Å². The van der Waals surface area contributed by atoms with Gasteiger partial charge in [-0.15, -0.1) is 0 Å². The van der Waals surface area contributed by atoms with Gasteiger partial charge in [-0.25, -0.2) is 0 Å². The van der Waals surface area contributed by atoms with Crippen molar-refractivity contribution < 1.29 is 23.8 Å². The highest BCUT2D eigenvalue weighted by Gasteiger charge is 2.15. The van der Waals surface area contributed by atoms with Gasteiger partial charge in [0.25, 0.3) is 5.91 Å². The van der Waals surface area contributed by atoms with Crippen molar-refractivity contribution in [1.82, 2.24) is 0 Å². The highest BCUT2D eigenvalue weighted by atomic mass is 16.6. The first-order valence-electron chi connectivity index (χ1n) is 7.73. The van der Waals surface area contributed by atoms with Crippen LogP contribution in [0.4, 0.5) is 11.4 Å².